The van der Waals surface area contributed by atoms with E-state index in [9.17, 15) is 22.4 Å². The molecule has 1 aliphatic rings. The third-order valence-corrected chi connectivity index (χ3v) is 6.74. The number of rotatable bonds is 8. The maximum Gasteiger partial charge on any atom is 0.435 e. The molecule has 0 bridgehead atoms. The van der Waals surface area contributed by atoms with E-state index < -0.39 is 17.7 Å². The highest BCUT2D eigenvalue weighted by Crippen LogP contribution is 2.32. The number of hydrogen-bond donors (Lipinski definition) is 2. The van der Waals surface area contributed by atoms with Crippen molar-refractivity contribution in [2.45, 2.75) is 13.1 Å². The van der Waals surface area contributed by atoms with E-state index in [1.807, 2.05) is 0 Å². The molecule has 1 saturated heterocycles. The minimum atomic E-state index is -4.68. The summed E-state index contributed by atoms with van der Waals surface area (Å²) in [6.07, 6.45) is -0.469. The van der Waals surface area contributed by atoms with Crippen molar-refractivity contribution in [1.82, 2.24) is 34.9 Å². The second-order valence-electron chi connectivity index (χ2n) is 9.44. The summed E-state index contributed by atoms with van der Waals surface area (Å²) in [5.74, 6) is -0.991. The van der Waals surface area contributed by atoms with Crippen molar-refractivity contribution in [2.24, 2.45) is 0 Å². The topological polar surface area (TPSA) is 110 Å². The molecule has 220 valence electrons. The maximum absolute atomic E-state index is 13.6. The van der Waals surface area contributed by atoms with Crippen LogP contribution in [0.1, 0.15) is 21.7 Å². The largest absolute Gasteiger partial charge is 0.435 e. The summed E-state index contributed by atoms with van der Waals surface area (Å²) < 4.78 is 60.5. The second-order valence-corrected chi connectivity index (χ2v) is 9.84. The molecule has 42 heavy (non-hydrogen) atoms. The highest BCUT2D eigenvalue weighted by atomic mass is 35.5. The lowest BCUT2D eigenvalue weighted by atomic mass is 10.1. The first-order chi connectivity index (χ1) is 20.1. The second kappa shape index (κ2) is 12.4. The summed E-state index contributed by atoms with van der Waals surface area (Å²) in [4.78, 5) is 27.9. The molecule has 0 unspecified atom stereocenters. The van der Waals surface area contributed by atoms with Crippen molar-refractivity contribution < 1.29 is 27.1 Å². The average Bonchev–Trinajstić information content (AvgIpc) is 3.38. The number of aryl methyl sites for hydroxylation is 1. The first-order valence-corrected chi connectivity index (χ1v) is 13.2. The van der Waals surface area contributed by atoms with Gasteiger partial charge in [-0.1, -0.05) is 11.6 Å². The van der Waals surface area contributed by atoms with Gasteiger partial charge in [-0.2, -0.15) is 23.3 Å². The Hall–Kier alpha value is -4.14. The van der Waals surface area contributed by atoms with Gasteiger partial charge in [-0.15, -0.1) is 0 Å². The fourth-order valence-corrected chi connectivity index (χ4v) is 4.47. The van der Waals surface area contributed by atoms with Crippen LogP contribution in [0.5, 0.6) is 0 Å². The number of hydrogen-bond acceptors (Lipinski definition) is 8. The quantitative estimate of drug-likeness (QED) is 0.280. The van der Waals surface area contributed by atoms with Crippen LogP contribution in [0.3, 0.4) is 0 Å². The third-order valence-electron chi connectivity index (χ3n) is 6.45. The zero-order chi connectivity index (χ0) is 29.9. The predicted molar refractivity (Wildman–Crippen MR) is 146 cm³/mol. The summed E-state index contributed by atoms with van der Waals surface area (Å²) in [5.41, 5.74) is 0.306. The molecule has 4 aromatic rings. The number of anilines is 2. The molecule has 0 aliphatic carbocycles. The molecule has 10 nitrogen and oxygen atoms in total. The third kappa shape index (κ3) is 6.83. The van der Waals surface area contributed by atoms with Gasteiger partial charge in [0.1, 0.15) is 5.82 Å². The van der Waals surface area contributed by atoms with Crippen molar-refractivity contribution in [3.05, 3.63) is 76.7 Å². The Morgan fingerprint density at radius 1 is 1.12 bits per heavy atom. The SMILES string of the molecule is Cc1cc(C(F)(F)F)nn1-c1nc(Nc2ccc(F)c(Cl)c2)ncc1-c1cncc(C(=O)NCCN2CCOCC2)c1. The number of nitrogens with zero attached hydrogens (tertiary/aromatic N) is 6. The van der Waals surface area contributed by atoms with Crippen LogP contribution in [0.2, 0.25) is 5.02 Å². The lowest BCUT2D eigenvalue weighted by Crippen LogP contribution is -2.41. The Bertz CT molecular complexity index is 1590. The normalized spacial score (nSPS) is 14.1. The molecule has 1 amide bonds. The molecule has 0 atom stereocenters. The first kappa shape index (κ1) is 29.4. The lowest BCUT2D eigenvalue weighted by molar-refractivity contribution is -0.141. The molecular formula is C27H25ClF4N8O2. The molecular weight excluding hydrogens is 580 g/mol. The van der Waals surface area contributed by atoms with Gasteiger partial charge in [0.25, 0.3) is 5.91 Å². The van der Waals surface area contributed by atoms with Gasteiger partial charge in [0.05, 0.1) is 23.8 Å². The van der Waals surface area contributed by atoms with E-state index in [0.29, 0.717) is 37.6 Å². The zero-order valence-electron chi connectivity index (χ0n) is 22.3. The number of benzene rings is 1. The van der Waals surface area contributed by atoms with Gasteiger partial charge in [-0.3, -0.25) is 14.7 Å². The molecule has 0 spiro atoms. The van der Waals surface area contributed by atoms with Crippen LogP contribution in [-0.4, -0.2) is 74.9 Å². The van der Waals surface area contributed by atoms with Crippen LogP contribution in [0.4, 0.5) is 29.2 Å². The van der Waals surface area contributed by atoms with Crippen LogP contribution in [0.25, 0.3) is 16.9 Å². The Labute approximate surface area is 242 Å². The predicted octanol–water partition coefficient (Wildman–Crippen LogP) is 4.65. The van der Waals surface area contributed by atoms with E-state index in [4.69, 9.17) is 16.3 Å². The van der Waals surface area contributed by atoms with Crippen LogP contribution in [0, 0.1) is 12.7 Å². The summed E-state index contributed by atoms with van der Waals surface area (Å²) in [6.45, 7) is 5.41. The number of halogens is 5. The molecule has 4 heterocycles. The van der Waals surface area contributed by atoms with Crippen LogP contribution in [-0.2, 0) is 10.9 Å². The standard InChI is InChI=1S/C27H25ClF4N8O2/c1-16-10-23(27(30,31)32)38-40(16)24-20(15-35-26(37-24)36-19-2-3-22(29)21(28)12-19)17-11-18(14-33-13-17)25(41)34-4-5-39-6-8-42-9-7-39/h2-3,10-15H,4-9H2,1H3,(H,34,41)(H,35,36,37). The first-order valence-electron chi connectivity index (χ1n) is 12.9. The van der Waals surface area contributed by atoms with Gasteiger partial charge in [0, 0.05) is 67.3 Å². The van der Waals surface area contributed by atoms with Crippen molar-refractivity contribution >= 4 is 29.1 Å². The minimum absolute atomic E-state index is 0.000356. The number of carbonyl (C=O) groups is 1. The highest BCUT2D eigenvalue weighted by molar-refractivity contribution is 6.31. The Kier molecular flexibility index (Phi) is 8.66. The number of amides is 1. The van der Waals surface area contributed by atoms with E-state index in [-0.39, 0.29) is 39.5 Å². The maximum atomic E-state index is 13.6. The van der Waals surface area contributed by atoms with Crippen molar-refractivity contribution in [3.63, 3.8) is 0 Å². The van der Waals surface area contributed by atoms with Crippen molar-refractivity contribution in [2.75, 3.05) is 44.7 Å². The van der Waals surface area contributed by atoms with Crippen LogP contribution < -0.4 is 10.6 Å². The number of alkyl halides is 3. The number of pyridine rings is 1. The molecule has 2 N–H and O–H groups in total. The van der Waals surface area contributed by atoms with E-state index >= 15 is 0 Å². The molecule has 15 heteroatoms. The highest BCUT2D eigenvalue weighted by Gasteiger charge is 2.35. The zero-order valence-corrected chi connectivity index (χ0v) is 23.0. The fourth-order valence-electron chi connectivity index (χ4n) is 4.29. The van der Waals surface area contributed by atoms with E-state index in [0.717, 1.165) is 29.9 Å². The average molecular weight is 605 g/mol. The number of nitrogens with one attached hydrogen (secondary N) is 2. The van der Waals surface area contributed by atoms with Gasteiger partial charge in [-0.25, -0.2) is 14.1 Å². The molecule has 1 fully saturated rings. The number of morpholine rings is 1. The van der Waals surface area contributed by atoms with Gasteiger partial charge >= 0.3 is 6.18 Å². The van der Waals surface area contributed by atoms with Gasteiger partial charge in [0.2, 0.25) is 5.95 Å². The molecule has 1 aromatic carbocycles. The number of aromatic nitrogens is 5. The van der Waals surface area contributed by atoms with Crippen molar-refractivity contribution in [3.8, 4) is 16.9 Å². The van der Waals surface area contributed by atoms with Crippen LogP contribution >= 0.6 is 11.6 Å². The Morgan fingerprint density at radius 2 is 1.90 bits per heavy atom. The summed E-state index contributed by atoms with van der Waals surface area (Å²) in [7, 11) is 0. The van der Waals surface area contributed by atoms with Crippen LogP contribution in [0.15, 0.2) is 48.9 Å². The molecule has 0 radical (unpaired) electrons. The van der Waals surface area contributed by atoms with E-state index in [1.54, 1.807) is 6.07 Å². The molecule has 0 saturated carbocycles. The molecule has 5 rings (SSSR count). The van der Waals surface area contributed by atoms with Gasteiger partial charge in [-0.05, 0) is 37.3 Å². The summed E-state index contributed by atoms with van der Waals surface area (Å²) in [6, 6.07) is 6.32. The number of ether oxygens (including phenoxy) is 1. The van der Waals surface area contributed by atoms with E-state index in [1.165, 1.54) is 37.6 Å². The fraction of sp³-hybridized carbons (Fsp3) is 0.296. The minimum Gasteiger partial charge on any atom is -0.379 e. The number of carbonyl (C=O) groups excluding carboxylic acids is 1. The monoisotopic (exact) mass is 604 g/mol. The van der Waals surface area contributed by atoms with E-state index in [2.05, 4.69) is 35.6 Å². The van der Waals surface area contributed by atoms with Crippen molar-refractivity contribution in [1.29, 1.82) is 0 Å². The van der Waals surface area contributed by atoms with Gasteiger partial charge < -0.3 is 15.4 Å². The summed E-state index contributed by atoms with van der Waals surface area (Å²) >= 11 is 5.87. The smallest absolute Gasteiger partial charge is 0.379 e. The Morgan fingerprint density at radius 3 is 2.62 bits per heavy atom. The molecule has 1 aliphatic heterocycles. The lowest BCUT2D eigenvalue weighted by Gasteiger charge is -2.26. The van der Waals surface area contributed by atoms with Gasteiger partial charge in [0.15, 0.2) is 11.5 Å². The summed E-state index contributed by atoms with van der Waals surface area (Å²) in [5, 5.41) is 9.34. The Balaban J connectivity index is 1.46. The molecule has 3 aromatic heterocycles.